The average molecular weight is 534 g/mol. The van der Waals surface area contributed by atoms with E-state index in [4.69, 9.17) is 4.99 Å². The number of rotatable bonds is 7. The molecule has 8 heteroatoms. The summed E-state index contributed by atoms with van der Waals surface area (Å²) in [7, 11) is 0. The molecule has 0 saturated heterocycles. The van der Waals surface area contributed by atoms with Crippen LogP contribution < -0.4 is 5.32 Å². The molecule has 0 atom stereocenters. The van der Waals surface area contributed by atoms with Crippen LogP contribution in [-0.4, -0.2) is 23.1 Å². The zero-order valence-corrected chi connectivity index (χ0v) is 22.6. The number of nitro benzene ring substituents is 1. The van der Waals surface area contributed by atoms with Crippen molar-refractivity contribution in [2.75, 3.05) is 0 Å². The number of nitrogens with zero attached hydrogens (tertiary/aromatic N) is 2. The third-order valence-electron chi connectivity index (χ3n) is 7.09. The third-order valence-corrected chi connectivity index (χ3v) is 9.39. The minimum atomic E-state index is -0.384. The largest absolute Gasteiger partial charge is 0.349 e. The number of nitro groups is 1. The van der Waals surface area contributed by atoms with Crippen LogP contribution in [0, 0.1) is 17.0 Å². The van der Waals surface area contributed by atoms with E-state index < -0.39 is 0 Å². The molecule has 5 rings (SSSR count). The summed E-state index contributed by atoms with van der Waals surface area (Å²) in [6.45, 7) is 2.04. The molecular weight excluding hydrogens is 502 g/mol. The van der Waals surface area contributed by atoms with Crippen LogP contribution in [0.5, 0.6) is 0 Å². The first-order chi connectivity index (χ1) is 18.0. The fraction of sp³-hybridized carbons (Fsp3) is 0.379. The minimum Gasteiger partial charge on any atom is -0.349 e. The van der Waals surface area contributed by atoms with Crippen molar-refractivity contribution in [3.05, 3.63) is 79.7 Å². The number of aliphatic imine (C=N–C) groups is 1. The molecule has 1 amide bonds. The summed E-state index contributed by atoms with van der Waals surface area (Å²) in [5.74, 6) is -0.0215. The van der Waals surface area contributed by atoms with Gasteiger partial charge in [-0.3, -0.25) is 14.9 Å². The van der Waals surface area contributed by atoms with Gasteiger partial charge in [-0.15, -0.1) is 11.3 Å². The van der Waals surface area contributed by atoms with E-state index in [1.54, 1.807) is 41.4 Å². The monoisotopic (exact) mass is 533 g/mol. The van der Waals surface area contributed by atoms with Crippen molar-refractivity contribution in [2.24, 2.45) is 4.99 Å². The Balaban J connectivity index is 1.48. The van der Waals surface area contributed by atoms with Crippen LogP contribution in [-0.2, 0) is 12.8 Å². The lowest BCUT2D eigenvalue weighted by atomic mass is 9.93. The highest BCUT2D eigenvalue weighted by atomic mass is 32.2. The summed E-state index contributed by atoms with van der Waals surface area (Å²) in [6, 6.07) is 13.3. The SMILES string of the molecule is Cc1ccc(Sc2ccc([N+](=O)[O-])cc2C=Nc2sc3c(c2C(=O)NC2CCCCC2)CCCC3)cc1. The van der Waals surface area contributed by atoms with E-state index >= 15 is 0 Å². The van der Waals surface area contributed by atoms with Gasteiger partial charge in [0.25, 0.3) is 11.6 Å². The van der Waals surface area contributed by atoms with Crippen LogP contribution in [0.3, 0.4) is 0 Å². The highest BCUT2D eigenvalue weighted by Gasteiger charge is 2.27. The second-order valence-electron chi connectivity index (χ2n) is 9.85. The van der Waals surface area contributed by atoms with E-state index in [-0.39, 0.29) is 22.6 Å². The van der Waals surface area contributed by atoms with Crippen molar-refractivity contribution in [1.29, 1.82) is 0 Å². The van der Waals surface area contributed by atoms with Crippen molar-refractivity contribution in [3.63, 3.8) is 0 Å². The summed E-state index contributed by atoms with van der Waals surface area (Å²) in [6.07, 6.45) is 11.4. The number of hydrogen-bond acceptors (Lipinski definition) is 6. The summed E-state index contributed by atoms with van der Waals surface area (Å²) in [4.78, 5) is 32.6. The lowest BCUT2D eigenvalue weighted by molar-refractivity contribution is -0.384. The maximum absolute atomic E-state index is 13.5. The Morgan fingerprint density at radius 2 is 1.84 bits per heavy atom. The Bertz CT molecular complexity index is 1320. The minimum absolute atomic E-state index is 0.0215. The zero-order chi connectivity index (χ0) is 25.8. The lowest BCUT2D eigenvalue weighted by Gasteiger charge is -2.23. The Morgan fingerprint density at radius 3 is 2.59 bits per heavy atom. The number of hydrogen-bond donors (Lipinski definition) is 1. The van der Waals surface area contributed by atoms with Gasteiger partial charge in [0.15, 0.2) is 0 Å². The topological polar surface area (TPSA) is 84.6 Å². The van der Waals surface area contributed by atoms with E-state index in [1.807, 2.05) is 19.1 Å². The first-order valence-electron chi connectivity index (χ1n) is 13.0. The van der Waals surface area contributed by atoms with Crippen LogP contribution >= 0.6 is 23.1 Å². The van der Waals surface area contributed by atoms with Crippen LogP contribution in [0.25, 0.3) is 0 Å². The van der Waals surface area contributed by atoms with Crippen molar-refractivity contribution in [2.45, 2.75) is 80.5 Å². The molecular formula is C29H31N3O3S2. The molecule has 0 unspecified atom stereocenters. The first-order valence-corrected chi connectivity index (χ1v) is 14.6. The maximum Gasteiger partial charge on any atom is 0.270 e. The molecule has 37 heavy (non-hydrogen) atoms. The average Bonchev–Trinajstić information content (AvgIpc) is 3.28. The molecule has 192 valence electrons. The van der Waals surface area contributed by atoms with Gasteiger partial charge in [0.1, 0.15) is 5.00 Å². The fourth-order valence-corrected chi connectivity index (χ4v) is 7.21. The van der Waals surface area contributed by atoms with Crippen LogP contribution in [0.2, 0.25) is 0 Å². The summed E-state index contributed by atoms with van der Waals surface area (Å²) in [5.41, 5.74) is 3.72. The Labute approximate surface area is 225 Å². The van der Waals surface area contributed by atoms with Gasteiger partial charge in [-0.2, -0.15) is 0 Å². The molecule has 3 aromatic rings. The quantitative estimate of drug-likeness (QED) is 0.191. The number of fused-ring (bicyclic) bond motifs is 1. The van der Waals surface area contributed by atoms with Gasteiger partial charge >= 0.3 is 0 Å². The van der Waals surface area contributed by atoms with Crippen molar-refractivity contribution < 1.29 is 9.72 Å². The van der Waals surface area contributed by atoms with Crippen LogP contribution in [0.4, 0.5) is 10.7 Å². The van der Waals surface area contributed by atoms with Crippen LogP contribution in [0.15, 0.2) is 57.2 Å². The number of thiophene rings is 1. The molecule has 1 fully saturated rings. The van der Waals surface area contributed by atoms with Crippen molar-refractivity contribution in [3.8, 4) is 0 Å². The van der Waals surface area contributed by atoms with E-state index in [0.717, 1.165) is 66.7 Å². The molecule has 1 heterocycles. The number of carbonyl (C=O) groups excluding carboxylic acids is 1. The number of benzene rings is 2. The Kier molecular flexibility index (Phi) is 8.05. The fourth-order valence-electron chi connectivity index (χ4n) is 5.09. The van der Waals surface area contributed by atoms with E-state index in [2.05, 4.69) is 17.4 Å². The number of aryl methyl sites for hydroxylation is 2. The van der Waals surface area contributed by atoms with E-state index in [1.165, 1.54) is 22.9 Å². The van der Waals surface area contributed by atoms with Gasteiger partial charge in [-0.25, -0.2) is 4.99 Å². The highest BCUT2D eigenvalue weighted by molar-refractivity contribution is 7.99. The first kappa shape index (κ1) is 25.7. The summed E-state index contributed by atoms with van der Waals surface area (Å²) in [5, 5.41) is 15.5. The van der Waals surface area contributed by atoms with Gasteiger partial charge in [-0.05, 0) is 69.2 Å². The van der Waals surface area contributed by atoms with Gasteiger partial charge in [-0.1, -0.05) is 48.7 Å². The summed E-state index contributed by atoms with van der Waals surface area (Å²) < 4.78 is 0. The standard InChI is InChI=1S/C29H31N3O3S2/c1-19-11-14-23(15-12-19)36-25-16-13-22(32(34)35)17-20(25)18-30-29-27(24-9-5-6-10-26(24)37-29)28(33)31-21-7-3-2-4-8-21/h11-18,21H,2-10H2,1H3,(H,31,33). The van der Waals surface area contributed by atoms with Crippen LogP contribution in [0.1, 0.15) is 76.9 Å². The van der Waals surface area contributed by atoms with Crippen molar-refractivity contribution >= 4 is 45.9 Å². The molecule has 2 aromatic carbocycles. The van der Waals surface area contributed by atoms with E-state index in [0.29, 0.717) is 16.1 Å². The van der Waals surface area contributed by atoms with Gasteiger partial charge in [0.05, 0.1) is 10.5 Å². The maximum atomic E-state index is 13.5. The molecule has 0 bridgehead atoms. The van der Waals surface area contributed by atoms with Crippen molar-refractivity contribution in [1.82, 2.24) is 5.32 Å². The van der Waals surface area contributed by atoms with Gasteiger partial charge < -0.3 is 5.32 Å². The molecule has 0 aliphatic heterocycles. The zero-order valence-electron chi connectivity index (χ0n) is 21.0. The smallest absolute Gasteiger partial charge is 0.270 e. The molecule has 2 aliphatic rings. The second kappa shape index (κ2) is 11.6. The normalized spacial score (nSPS) is 16.0. The van der Waals surface area contributed by atoms with Gasteiger partial charge in [0.2, 0.25) is 0 Å². The molecule has 6 nitrogen and oxygen atoms in total. The molecule has 1 N–H and O–H groups in total. The molecule has 1 aromatic heterocycles. The third kappa shape index (κ3) is 6.13. The molecule has 2 aliphatic carbocycles. The molecule has 1 saturated carbocycles. The predicted octanol–water partition coefficient (Wildman–Crippen LogP) is 7.81. The van der Waals surface area contributed by atoms with E-state index in [9.17, 15) is 14.9 Å². The number of non-ortho nitro benzene ring substituents is 1. The number of carbonyl (C=O) groups is 1. The lowest BCUT2D eigenvalue weighted by Crippen LogP contribution is -2.36. The predicted molar refractivity (Wildman–Crippen MR) is 151 cm³/mol. The second-order valence-corrected chi connectivity index (χ2v) is 12.1. The highest BCUT2D eigenvalue weighted by Crippen LogP contribution is 2.40. The summed E-state index contributed by atoms with van der Waals surface area (Å²) >= 11 is 3.14. The Morgan fingerprint density at radius 1 is 1.08 bits per heavy atom. The Hall–Kier alpha value is -2.97. The van der Waals surface area contributed by atoms with Gasteiger partial charge in [0, 0.05) is 44.6 Å². The molecule has 0 radical (unpaired) electrons. The number of nitrogens with one attached hydrogen (secondary N) is 1. The molecule has 0 spiro atoms. The number of amides is 1.